The molecule has 16 heavy (non-hydrogen) atoms. The first-order valence-electron chi connectivity index (χ1n) is 6.20. The van der Waals surface area contributed by atoms with Crippen molar-refractivity contribution in [2.75, 3.05) is 0 Å². The first-order valence-corrected chi connectivity index (χ1v) is 7.01. The van der Waals surface area contributed by atoms with Gasteiger partial charge in [0, 0.05) is 0 Å². The number of aliphatic hydroxyl groups excluding tert-OH is 1. The molecule has 0 radical (unpaired) electrons. The van der Waals surface area contributed by atoms with Crippen molar-refractivity contribution in [3.8, 4) is 0 Å². The fraction of sp³-hybridized carbons (Fsp3) is 0.769. The predicted octanol–water partition coefficient (Wildman–Crippen LogP) is 3.62. The van der Waals surface area contributed by atoms with Gasteiger partial charge in [0.25, 0.3) is 0 Å². The number of hydrogen-bond acceptors (Lipinski definition) is 3. The number of nitrogens with zero attached hydrogens (tertiary/aromatic N) is 1. The summed E-state index contributed by atoms with van der Waals surface area (Å²) in [7, 11) is 0. The minimum atomic E-state index is -0.279. The predicted molar refractivity (Wildman–Crippen MR) is 67.7 cm³/mol. The molecule has 1 saturated carbocycles. The SMILES string of the molecule is Cc1nc(C)c(C(O)C2CCC(C)CC2)s1. The van der Waals surface area contributed by atoms with Gasteiger partial charge < -0.3 is 5.11 Å². The van der Waals surface area contributed by atoms with Crippen molar-refractivity contribution in [3.05, 3.63) is 15.6 Å². The number of rotatable bonds is 2. The normalized spacial score (nSPS) is 28.0. The fourth-order valence-corrected chi connectivity index (χ4v) is 3.64. The smallest absolute Gasteiger partial charge is 0.0928 e. The van der Waals surface area contributed by atoms with Gasteiger partial charge in [-0.3, -0.25) is 0 Å². The van der Waals surface area contributed by atoms with Crippen LogP contribution in [0.15, 0.2) is 0 Å². The highest BCUT2D eigenvalue weighted by molar-refractivity contribution is 7.11. The summed E-state index contributed by atoms with van der Waals surface area (Å²) in [6, 6.07) is 0. The molecule has 90 valence electrons. The highest BCUT2D eigenvalue weighted by Crippen LogP contribution is 2.39. The Morgan fingerprint density at radius 1 is 1.25 bits per heavy atom. The average molecular weight is 239 g/mol. The maximum Gasteiger partial charge on any atom is 0.0928 e. The van der Waals surface area contributed by atoms with Gasteiger partial charge in [-0.1, -0.05) is 19.8 Å². The van der Waals surface area contributed by atoms with Crippen LogP contribution >= 0.6 is 11.3 Å². The second-order valence-corrected chi connectivity index (χ2v) is 6.38. The summed E-state index contributed by atoms with van der Waals surface area (Å²) in [4.78, 5) is 5.49. The quantitative estimate of drug-likeness (QED) is 0.855. The molecule has 3 heteroatoms. The van der Waals surface area contributed by atoms with Crippen LogP contribution in [-0.4, -0.2) is 10.1 Å². The Kier molecular flexibility index (Phi) is 3.65. The summed E-state index contributed by atoms with van der Waals surface area (Å²) in [5.74, 6) is 1.29. The van der Waals surface area contributed by atoms with E-state index in [1.807, 2.05) is 13.8 Å². The standard InChI is InChI=1S/C13H21NOS/c1-8-4-6-11(7-5-8)12(15)13-9(2)14-10(3)16-13/h8,11-12,15H,4-7H2,1-3H3. The molecule has 1 atom stereocenters. The Morgan fingerprint density at radius 2 is 1.88 bits per heavy atom. The van der Waals surface area contributed by atoms with E-state index in [9.17, 15) is 5.11 Å². The molecule has 1 N–H and O–H groups in total. The van der Waals surface area contributed by atoms with Crippen LogP contribution in [0.5, 0.6) is 0 Å². The Morgan fingerprint density at radius 3 is 2.38 bits per heavy atom. The third kappa shape index (κ3) is 2.46. The van der Waals surface area contributed by atoms with E-state index in [-0.39, 0.29) is 6.10 Å². The molecular weight excluding hydrogens is 218 g/mol. The van der Waals surface area contributed by atoms with Gasteiger partial charge in [-0.25, -0.2) is 4.98 Å². The second-order valence-electron chi connectivity index (χ2n) is 5.15. The van der Waals surface area contributed by atoms with Crippen LogP contribution in [0.25, 0.3) is 0 Å². The van der Waals surface area contributed by atoms with E-state index < -0.39 is 0 Å². The van der Waals surface area contributed by atoms with Crippen molar-refractivity contribution in [2.45, 2.75) is 52.6 Å². The molecule has 0 bridgehead atoms. The number of aryl methyl sites for hydroxylation is 2. The number of aromatic nitrogens is 1. The zero-order chi connectivity index (χ0) is 11.7. The number of hydrogen-bond donors (Lipinski definition) is 1. The molecule has 0 aliphatic heterocycles. The Labute approximate surface area is 102 Å². The van der Waals surface area contributed by atoms with Crippen LogP contribution in [0, 0.1) is 25.7 Å². The summed E-state index contributed by atoms with van der Waals surface area (Å²) in [6.45, 7) is 6.33. The molecule has 0 aromatic carbocycles. The Bertz CT molecular complexity index is 353. The lowest BCUT2D eigenvalue weighted by molar-refractivity contribution is 0.0778. The van der Waals surface area contributed by atoms with E-state index in [2.05, 4.69) is 11.9 Å². The minimum Gasteiger partial charge on any atom is -0.387 e. The van der Waals surface area contributed by atoms with Gasteiger partial charge in [0.2, 0.25) is 0 Å². The van der Waals surface area contributed by atoms with E-state index in [0.717, 1.165) is 21.5 Å². The molecule has 1 unspecified atom stereocenters. The summed E-state index contributed by atoms with van der Waals surface area (Å²) in [5, 5.41) is 11.5. The van der Waals surface area contributed by atoms with Crippen molar-refractivity contribution in [1.82, 2.24) is 4.98 Å². The molecule has 0 spiro atoms. The van der Waals surface area contributed by atoms with E-state index >= 15 is 0 Å². The molecule has 1 fully saturated rings. The molecule has 1 heterocycles. The minimum absolute atomic E-state index is 0.279. The van der Waals surface area contributed by atoms with Gasteiger partial charge in [-0.2, -0.15) is 0 Å². The third-order valence-corrected chi connectivity index (χ3v) is 4.86. The summed E-state index contributed by atoms with van der Waals surface area (Å²) in [6.07, 6.45) is 4.58. The van der Waals surface area contributed by atoms with Crippen LogP contribution in [-0.2, 0) is 0 Å². The van der Waals surface area contributed by atoms with Crippen LogP contribution in [0.1, 0.15) is 54.3 Å². The van der Waals surface area contributed by atoms with E-state index in [1.165, 1.54) is 25.7 Å². The maximum atomic E-state index is 10.4. The van der Waals surface area contributed by atoms with Crippen molar-refractivity contribution >= 4 is 11.3 Å². The van der Waals surface area contributed by atoms with E-state index in [1.54, 1.807) is 11.3 Å². The van der Waals surface area contributed by atoms with Gasteiger partial charge in [-0.05, 0) is 38.5 Å². The molecular formula is C13H21NOS. The summed E-state index contributed by atoms with van der Waals surface area (Å²) < 4.78 is 0. The molecule has 1 aromatic heterocycles. The second kappa shape index (κ2) is 4.84. The lowest BCUT2D eigenvalue weighted by Crippen LogP contribution is -2.19. The highest BCUT2D eigenvalue weighted by atomic mass is 32.1. The maximum absolute atomic E-state index is 10.4. The first-order chi connectivity index (χ1) is 7.58. The van der Waals surface area contributed by atoms with Gasteiger partial charge >= 0.3 is 0 Å². The van der Waals surface area contributed by atoms with Crippen molar-refractivity contribution < 1.29 is 5.11 Å². The first kappa shape index (κ1) is 12.1. The van der Waals surface area contributed by atoms with Crippen LogP contribution in [0.2, 0.25) is 0 Å². The molecule has 2 rings (SSSR count). The molecule has 0 saturated heterocycles. The monoisotopic (exact) mass is 239 g/mol. The van der Waals surface area contributed by atoms with E-state index in [4.69, 9.17) is 0 Å². The number of aliphatic hydroxyl groups is 1. The fourth-order valence-electron chi connectivity index (χ4n) is 2.64. The molecule has 1 aromatic rings. The topological polar surface area (TPSA) is 33.1 Å². The van der Waals surface area contributed by atoms with Crippen molar-refractivity contribution in [3.63, 3.8) is 0 Å². The number of thiazole rings is 1. The Hall–Kier alpha value is -0.410. The van der Waals surface area contributed by atoms with Crippen molar-refractivity contribution in [2.24, 2.45) is 11.8 Å². The van der Waals surface area contributed by atoms with Gasteiger partial charge in [0.15, 0.2) is 0 Å². The van der Waals surface area contributed by atoms with Crippen LogP contribution in [0.4, 0.5) is 0 Å². The van der Waals surface area contributed by atoms with Crippen molar-refractivity contribution in [1.29, 1.82) is 0 Å². The zero-order valence-corrected chi connectivity index (χ0v) is 11.2. The molecule has 2 nitrogen and oxygen atoms in total. The summed E-state index contributed by atoms with van der Waals surface area (Å²) in [5.41, 5.74) is 1.02. The van der Waals surface area contributed by atoms with Crippen LogP contribution < -0.4 is 0 Å². The summed E-state index contributed by atoms with van der Waals surface area (Å²) >= 11 is 1.66. The lowest BCUT2D eigenvalue weighted by atomic mass is 9.80. The van der Waals surface area contributed by atoms with Gasteiger partial charge in [-0.15, -0.1) is 11.3 Å². The zero-order valence-electron chi connectivity index (χ0n) is 10.4. The molecule has 1 aliphatic rings. The Balaban J connectivity index is 2.07. The van der Waals surface area contributed by atoms with Gasteiger partial charge in [0.05, 0.1) is 21.7 Å². The average Bonchev–Trinajstić information content (AvgIpc) is 2.58. The third-order valence-electron chi connectivity index (χ3n) is 3.72. The largest absolute Gasteiger partial charge is 0.387 e. The van der Waals surface area contributed by atoms with E-state index in [0.29, 0.717) is 5.92 Å². The van der Waals surface area contributed by atoms with Gasteiger partial charge in [0.1, 0.15) is 0 Å². The van der Waals surface area contributed by atoms with Crippen LogP contribution in [0.3, 0.4) is 0 Å². The highest BCUT2D eigenvalue weighted by Gasteiger charge is 2.28. The molecule has 0 amide bonds. The lowest BCUT2D eigenvalue weighted by Gasteiger charge is -2.29. The molecule has 1 aliphatic carbocycles.